The van der Waals surface area contributed by atoms with Crippen molar-refractivity contribution >= 4 is 11.6 Å². The van der Waals surface area contributed by atoms with Crippen molar-refractivity contribution in [2.45, 2.75) is 33.2 Å². The van der Waals surface area contributed by atoms with Crippen molar-refractivity contribution in [1.82, 2.24) is 14.8 Å². The van der Waals surface area contributed by atoms with Gasteiger partial charge >= 0.3 is 0 Å². The molecule has 7 heteroatoms. The summed E-state index contributed by atoms with van der Waals surface area (Å²) in [5.74, 6) is 1.48. The number of piperazine rings is 1. The molecular formula is C27H36N4O3. The zero-order valence-electron chi connectivity index (χ0n) is 21.0. The smallest absolute Gasteiger partial charge is 0.257 e. The topological polar surface area (TPSA) is 57.6 Å². The monoisotopic (exact) mass is 464 g/mol. The van der Waals surface area contributed by atoms with Gasteiger partial charge in [0.1, 0.15) is 11.5 Å². The lowest BCUT2D eigenvalue weighted by Gasteiger charge is -2.34. The van der Waals surface area contributed by atoms with Crippen LogP contribution in [0.15, 0.2) is 41.5 Å². The van der Waals surface area contributed by atoms with Gasteiger partial charge in [-0.15, -0.1) is 0 Å². The summed E-state index contributed by atoms with van der Waals surface area (Å²) in [6.07, 6.45) is 0.626. The Hall–Kier alpha value is -2.90. The van der Waals surface area contributed by atoms with E-state index in [0.29, 0.717) is 13.0 Å². The number of benzene rings is 2. The Labute approximate surface area is 202 Å². The fourth-order valence-corrected chi connectivity index (χ4v) is 4.71. The molecule has 0 bridgehead atoms. The normalized spacial score (nSPS) is 19.3. The summed E-state index contributed by atoms with van der Waals surface area (Å²) in [7, 11) is 3.31. The SMILES string of the molecule is CCN1CCN(CC(=O)N2N=C(c3ccc(C)c(C)c3)C[C@H]2c2cc(OC)ccc2OC)CC1. The van der Waals surface area contributed by atoms with E-state index < -0.39 is 0 Å². The second-order valence-corrected chi connectivity index (χ2v) is 9.12. The van der Waals surface area contributed by atoms with Gasteiger partial charge in [-0.05, 0) is 61.3 Å². The van der Waals surface area contributed by atoms with E-state index in [4.69, 9.17) is 14.6 Å². The number of nitrogens with zero attached hydrogens (tertiary/aromatic N) is 4. The Kier molecular flexibility index (Phi) is 7.54. The molecule has 0 aromatic heterocycles. The lowest BCUT2D eigenvalue weighted by molar-refractivity contribution is -0.134. The number of amides is 1. The zero-order valence-corrected chi connectivity index (χ0v) is 21.0. The minimum atomic E-state index is -0.244. The Morgan fingerprint density at radius 3 is 2.35 bits per heavy atom. The van der Waals surface area contributed by atoms with Gasteiger partial charge in [-0.3, -0.25) is 9.69 Å². The van der Waals surface area contributed by atoms with E-state index in [-0.39, 0.29) is 11.9 Å². The molecule has 1 fully saturated rings. The molecule has 2 aromatic carbocycles. The third-order valence-corrected chi connectivity index (χ3v) is 7.07. The van der Waals surface area contributed by atoms with Gasteiger partial charge in [-0.25, -0.2) is 5.01 Å². The van der Waals surface area contributed by atoms with Crippen LogP contribution >= 0.6 is 0 Å². The Morgan fingerprint density at radius 1 is 0.971 bits per heavy atom. The van der Waals surface area contributed by atoms with E-state index in [0.717, 1.165) is 61.1 Å². The minimum absolute atomic E-state index is 0.0126. The molecule has 2 aliphatic heterocycles. The number of likely N-dealkylation sites (N-methyl/N-ethyl adjacent to an activating group) is 1. The summed E-state index contributed by atoms with van der Waals surface area (Å²) in [6.45, 7) is 11.6. The molecule has 1 atom stereocenters. The van der Waals surface area contributed by atoms with Crippen LogP contribution in [0.3, 0.4) is 0 Å². The van der Waals surface area contributed by atoms with Crippen molar-refractivity contribution in [2.24, 2.45) is 5.10 Å². The minimum Gasteiger partial charge on any atom is -0.497 e. The Bertz CT molecular complexity index is 1060. The van der Waals surface area contributed by atoms with Crippen molar-refractivity contribution in [2.75, 3.05) is 53.5 Å². The first-order valence-electron chi connectivity index (χ1n) is 12.1. The van der Waals surface area contributed by atoms with E-state index in [1.54, 1.807) is 19.2 Å². The van der Waals surface area contributed by atoms with Gasteiger partial charge in [0.2, 0.25) is 0 Å². The van der Waals surface area contributed by atoms with E-state index in [1.165, 1.54) is 11.1 Å². The number of carbonyl (C=O) groups excluding carboxylic acids is 1. The molecular weight excluding hydrogens is 428 g/mol. The number of hydrogen-bond acceptors (Lipinski definition) is 6. The molecule has 4 rings (SSSR count). The fourth-order valence-electron chi connectivity index (χ4n) is 4.71. The van der Waals surface area contributed by atoms with Crippen LogP contribution in [0.4, 0.5) is 0 Å². The zero-order chi connectivity index (χ0) is 24.2. The number of hydrogen-bond donors (Lipinski definition) is 0. The average molecular weight is 465 g/mol. The van der Waals surface area contributed by atoms with E-state index in [1.807, 2.05) is 18.2 Å². The van der Waals surface area contributed by atoms with Crippen molar-refractivity contribution in [3.05, 3.63) is 58.7 Å². The van der Waals surface area contributed by atoms with Crippen molar-refractivity contribution in [1.29, 1.82) is 0 Å². The van der Waals surface area contributed by atoms with Crippen LogP contribution < -0.4 is 9.47 Å². The first-order valence-corrected chi connectivity index (χ1v) is 12.1. The number of carbonyl (C=O) groups is 1. The third-order valence-electron chi connectivity index (χ3n) is 7.07. The Morgan fingerprint density at radius 2 is 1.71 bits per heavy atom. The molecule has 0 radical (unpaired) electrons. The maximum atomic E-state index is 13.6. The van der Waals surface area contributed by atoms with Crippen LogP contribution in [0.2, 0.25) is 0 Å². The van der Waals surface area contributed by atoms with Gasteiger partial charge in [-0.2, -0.15) is 5.10 Å². The van der Waals surface area contributed by atoms with Gasteiger partial charge in [-0.1, -0.05) is 19.1 Å². The van der Waals surface area contributed by atoms with Crippen LogP contribution in [0.25, 0.3) is 0 Å². The molecule has 182 valence electrons. The number of rotatable bonds is 7. The number of ether oxygens (including phenoxy) is 2. The molecule has 2 aliphatic rings. The van der Waals surface area contributed by atoms with Crippen LogP contribution in [0.1, 0.15) is 41.6 Å². The summed E-state index contributed by atoms with van der Waals surface area (Å²) in [5, 5.41) is 6.56. The standard InChI is InChI=1S/C27H36N4O3/c1-6-29-11-13-30(14-12-29)18-27(32)31-25(23-16-22(33-4)9-10-26(23)34-5)17-24(28-31)21-8-7-19(2)20(3)15-21/h7-10,15-16,25H,6,11-14,17-18H2,1-5H3/t25-/m0/s1. The molecule has 0 spiro atoms. The summed E-state index contributed by atoms with van der Waals surface area (Å²) in [6, 6.07) is 11.9. The lowest BCUT2D eigenvalue weighted by Crippen LogP contribution is -2.49. The molecule has 2 heterocycles. The fraction of sp³-hybridized carbons (Fsp3) is 0.481. The second-order valence-electron chi connectivity index (χ2n) is 9.12. The molecule has 34 heavy (non-hydrogen) atoms. The highest BCUT2D eigenvalue weighted by atomic mass is 16.5. The van der Waals surface area contributed by atoms with Crippen LogP contribution in [0, 0.1) is 13.8 Å². The summed E-state index contributed by atoms with van der Waals surface area (Å²) in [5.41, 5.74) is 5.35. The van der Waals surface area contributed by atoms with Gasteiger partial charge in [0.25, 0.3) is 5.91 Å². The van der Waals surface area contributed by atoms with Crippen LogP contribution in [-0.2, 0) is 4.79 Å². The molecule has 0 aliphatic carbocycles. The number of hydrazone groups is 1. The van der Waals surface area contributed by atoms with Gasteiger partial charge in [0.05, 0.1) is 32.5 Å². The first-order chi connectivity index (χ1) is 16.4. The molecule has 7 nitrogen and oxygen atoms in total. The molecule has 0 N–H and O–H groups in total. The second kappa shape index (κ2) is 10.6. The molecule has 0 unspecified atom stereocenters. The van der Waals surface area contributed by atoms with Gasteiger partial charge in [0.15, 0.2) is 0 Å². The molecule has 0 saturated carbocycles. The van der Waals surface area contributed by atoms with E-state index in [2.05, 4.69) is 48.8 Å². The maximum Gasteiger partial charge on any atom is 0.257 e. The third kappa shape index (κ3) is 5.10. The number of methoxy groups -OCH3 is 2. The molecule has 1 saturated heterocycles. The first kappa shape index (κ1) is 24.2. The Balaban J connectivity index is 1.64. The summed E-state index contributed by atoms with van der Waals surface area (Å²) < 4.78 is 11.2. The maximum absolute atomic E-state index is 13.6. The van der Waals surface area contributed by atoms with E-state index >= 15 is 0 Å². The van der Waals surface area contributed by atoms with E-state index in [9.17, 15) is 4.79 Å². The van der Waals surface area contributed by atoms with Crippen LogP contribution in [-0.4, -0.2) is 79.9 Å². The molecule has 2 aromatic rings. The summed E-state index contributed by atoms with van der Waals surface area (Å²) >= 11 is 0. The van der Waals surface area contributed by atoms with Gasteiger partial charge in [0, 0.05) is 38.2 Å². The largest absolute Gasteiger partial charge is 0.497 e. The predicted molar refractivity (Wildman–Crippen MR) is 135 cm³/mol. The highest BCUT2D eigenvalue weighted by molar-refractivity contribution is 6.03. The highest BCUT2D eigenvalue weighted by Crippen LogP contribution is 2.39. The summed E-state index contributed by atoms with van der Waals surface area (Å²) in [4.78, 5) is 18.2. The van der Waals surface area contributed by atoms with Gasteiger partial charge < -0.3 is 14.4 Å². The van der Waals surface area contributed by atoms with Crippen LogP contribution in [0.5, 0.6) is 11.5 Å². The van der Waals surface area contributed by atoms with Crippen molar-refractivity contribution < 1.29 is 14.3 Å². The number of aryl methyl sites for hydroxylation is 2. The average Bonchev–Trinajstić information content (AvgIpc) is 3.31. The van der Waals surface area contributed by atoms with Crippen molar-refractivity contribution in [3.63, 3.8) is 0 Å². The van der Waals surface area contributed by atoms with Crippen molar-refractivity contribution in [3.8, 4) is 11.5 Å². The quantitative estimate of drug-likeness (QED) is 0.626. The highest BCUT2D eigenvalue weighted by Gasteiger charge is 2.36. The lowest BCUT2D eigenvalue weighted by atomic mass is 9.95. The molecule has 1 amide bonds. The predicted octanol–water partition coefficient (Wildman–Crippen LogP) is 3.64.